The van der Waals surface area contributed by atoms with Gasteiger partial charge in [0.25, 0.3) is 0 Å². The molecule has 74 valence electrons. The summed E-state index contributed by atoms with van der Waals surface area (Å²) in [6.45, 7) is 0.556. The molecule has 1 rings (SSSR count). The molecule has 6 heteroatoms. The minimum Gasteiger partial charge on any atom is -0.345 e. The van der Waals surface area contributed by atoms with E-state index in [-0.39, 0.29) is 24.9 Å². The van der Waals surface area contributed by atoms with Crippen molar-refractivity contribution in [2.75, 3.05) is 31.6 Å². The Labute approximate surface area is 78.9 Å². The van der Waals surface area contributed by atoms with Crippen LogP contribution in [0.5, 0.6) is 0 Å². The van der Waals surface area contributed by atoms with Gasteiger partial charge in [0.05, 0.1) is 13.1 Å². The average Bonchev–Trinajstić information content (AvgIpc) is 2.06. The Kier molecular flexibility index (Phi) is 3.41. The highest BCUT2D eigenvalue weighted by Gasteiger charge is 2.22. The molecule has 0 saturated carbocycles. The first-order valence-electron chi connectivity index (χ1n) is 3.94. The summed E-state index contributed by atoms with van der Waals surface area (Å²) < 4.78 is 10.7. The van der Waals surface area contributed by atoms with Crippen molar-refractivity contribution in [1.82, 2.24) is 10.2 Å². The predicted molar refractivity (Wildman–Crippen MR) is 48.5 cm³/mol. The Morgan fingerprint density at radius 2 is 2.23 bits per heavy atom. The van der Waals surface area contributed by atoms with Crippen LogP contribution in [0.2, 0.25) is 0 Å². The second-order valence-corrected chi connectivity index (χ2v) is 4.42. The number of nitrogens with zero attached hydrogens (tertiary/aromatic N) is 1. The Morgan fingerprint density at radius 3 is 2.85 bits per heavy atom. The lowest BCUT2D eigenvalue weighted by atomic mass is 10.3. The third-order valence-corrected chi connectivity index (χ3v) is 2.53. The summed E-state index contributed by atoms with van der Waals surface area (Å²) in [4.78, 5) is 23.5. The molecule has 1 N–H and O–H groups in total. The number of piperazine rings is 1. The lowest BCUT2D eigenvalue weighted by Gasteiger charge is -2.25. The summed E-state index contributed by atoms with van der Waals surface area (Å²) in [6, 6.07) is 0. The molecule has 0 bridgehead atoms. The van der Waals surface area contributed by atoms with Gasteiger partial charge in [0, 0.05) is 29.4 Å². The molecule has 1 unspecified atom stereocenters. The summed E-state index contributed by atoms with van der Waals surface area (Å²) in [5, 5.41) is 2.44. The van der Waals surface area contributed by atoms with E-state index in [2.05, 4.69) is 5.32 Å². The standard InChI is InChI=1S/C7H12N2O3S/c1-13(12)3-2-9-5-6(10)8-4-7(9)11/h2-5H2,1H3,(H,8,10). The summed E-state index contributed by atoms with van der Waals surface area (Å²) in [5.74, 6) is 0.172. The van der Waals surface area contributed by atoms with Crippen LogP contribution in [0.3, 0.4) is 0 Å². The average molecular weight is 204 g/mol. The van der Waals surface area contributed by atoms with E-state index in [9.17, 15) is 13.8 Å². The van der Waals surface area contributed by atoms with E-state index in [1.54, 1.807) is 6.26 Å². The summed E-state index contributed by atoms with van der Waals surface area (Å²) in [5.41, 5.74) is 0. The molecule has 0 spiro atoms. The Balaban J connectivity index is 2.42. The van der Waals surface area contributed by atoms with Crippen LogP contribution in [0.25, 0.3) is 0 Å². The maximum Gasteiger partial charge on any atom is 0.242 e. The van der Waals surface area contributed by atoms with Gasteiger partial charge < -0.3 is 10.2 Å². The number of amides is 2. The second-order valence-electron chi connectivity index (χ2n) is 2.87. The second kappa shape index (κ2) is 4.36. The van der Waals surface area contributed by atoms with Crippen LogP contribution in [0.4, 0.5) is 0 Å². The molecule has 1 aliphatic heterocycles. The lowest BCUT2D eigenvalue weighted by molar-refractivity contribution is -0.140. The van der Waals surface area contributed by atoms with Gasteiger partial charge in [0.15, 0.2) is 0 Å². The SMILES string of the molecule is CS(=O)CCN1CC(=O)NCC1=O. The molecule has 0 aromatic heterocycles. The third kappa shape index (κ3) is 3.14. The first-order valence-corrected chi connectivity index (χ1v) is 5.67. The van der Waals surface area contributed by atoms with Crippen LogP contribution in [0, 0.1) is 0 Å². The van der Waals surface area contributed by atoms with Crippen molar-refractivity contribution in [2.24, 2.45) is 0 Å². The van der Waals surface area contributed by atoms with Crippen molar-refractivity contribution in [2.45, 2.75) is 0 Å². The molecule has 1 fully saturated rings. The zero-order chi connectivity index (χ0) is 9.84. The van der Waals surface area contributed by atoms with Crippen LogP contribution >= 0.6 is 0 Å². The monoisotopic (exact) mass is 204 g/mol. The molecule has 5 nitrogen and oxygen atoms in total. The van der Waals surface area contributed by atoms with Gasteiger partial charge in [-0.3, -0.25) is 13.8 Å². The van der Waals surface area contributed by atoms with Gasteiger partial charge in [-0.1, -0.05) is 0 Å². The molecule has 0 aliphatic carbocycles. The van der Waals surface area contributed by atoms with Gasteiger partial charge >= 0.3 is 0 Å². The first-order chi connectivity index (χ1) is 6.09. The molecule has 13 heavy (non-hydrogen) atoms. The van der Waals surface area contributed by atoms with E-state index in [0.717, 1.165) is 0 Å². The number of nitrogens with one attached hydrogen (secondary N) is 1. The smallest absolute Gasteiger partial charge is 0.242 e. The maximum atomic E-state index is 11.2. The van der Waals surface area contributed by atoms with Crippen LogP contribution in [-0.2, 0) is 20.4 Å². The fourth-order valence-electron chi connectivity index (χ4n) is 1.05. The number of carbonyl (C=O) groups is 2. The van der Waals surface area contributed by atoms with E-state index in [1.807, 2.05) is 0 Å². The van der Waals surface area contributed by atoms with Gasteiger partial charge in [0.2, 0.25) is 11.8 Å². The highest BCUT2D eigenvalue weighted by molar-refractivity contribution is 7.84. The lowest BCUT2D eigenvalue weighted by Crippen LogP contribution is -2.52. The van der Waals surface area contributed by atoms with Crippen molar-refractivity contribution in [3.8, 4) is 0 Å². The van der Waals surface area contributed by atoms with Gasteiger partial charge in [-0.15, -0.1) is 0 Å². The molecule has 0 aromatic carbocycles. The van der Waals surface area contributed by atoms with E-state index in [0.29, 0.717) is 12.3 Å². The fraction of sp³-hybridized carbons (Fsp3) is 0.714. The zero-order valence-corrected chi connectivity index (χ0v) is 8.23. The van der Waals surface area contributed by atoms with Crippen LogP contribution in [0.15, 0.2) is 0 Å². The van der Waals surface area contributed by atoms with Crippen molar-refractivity contribution in [3.05, 3.63) is 0 Å². The van der Waals surface area contributed by atoms with Crippen LogP contribution in [0.1, 0.15) is 0 Å². The molecule has 0 radical (unpaired) electrons. The maximum absolute atomic E-state index is 11.2. The minimum absolute atomic E-state index is 0.0647. The Hall–Kier alpha value is -0.910. The molecule has 2 amide bonds. The first kappa shape index (κ1) is 10.2. The normalized spacial score (nSPS) is 19.9. The van der Waals surface area contributed by atoms with E-state index in [1.165, 1.54) is 4.90 Å². The van der Waals surface area contributed by atoms with Gasteiger partial charge in [-0.25, -0.2) is 0 Å². The molecular weight excluding hydrogens is 192 g/mol. The molecule has 1 saturated heterocycles. The molecule has 1 atom stereocenters. The van der Waals surface area contributed by atoms with Gasteiger partial charge in [0.1, 0.15) is 0 Å². The highest BCUT2D eigenvalue weighted by Crippen LogP contribution is 1.95. The topological polar surface area (TPSA) is 66.5 Å². The predicted octanol–water partition coefficient (Wildman–Crippen LogP) is -1.68. The third-order valence-electron chi connectivity index (χ3n) is 1.77. The largest absolute Gasteiger partial charge is 0.345 e. The molecule has 1 heterocycles. The molecule has 1 aliphatic rings. The minimum atomic E-state index is -0.919. The number of hydrogen-bond acceptors (Lipinski definition) is 3. The van der Waals surface area contributed by atoms with Gasteiger partial charge in [-0.2, -0.15) is 0 Å². The number of rotatable bonds is 3. The van der Waals surface area contributed by atoms with Crippen molar-refractivity contribution < 1.29 is 13.8 Å². The van der Waals surface area contributed by atoms with Crippen molar-refractivity contribution in [1.29, 1.82) is 0 Å². The summed E-state index contributed by atoms with van der Waals surface area (Å²) in [7, 11) is -0.919. The Bertz CT molecular complexity index is 254. The number of carbonyl (C=O) groups excluding carboxylic acids is 2. The fourth-order valence-corrected chi connectivity index (χ4v) is 1.52. The van der Waals surface area contributed by atoms with Crippen LogP contribution in [-0.4, -0.2) is 52.6 Å². The molecular formula is C7H12N2O3S. The number of hydrogen-bond donors (Lipinski definition) is 1. The summed E-state index contributed by atoms with van der Waals surface area (Å²) in [6.07, 6.45) is 1.58. The van der Waals surface area contributed by atoms with Crippen molar-refractivity contribution in [3.63, 3.8) is 0 Å². The van der Waals surface area contributed by atoms with E-state index < -0.39 is 10.8 Å². The summed E-state index contributed by atoms with van der Waals surface area (Å²) >= 11 is 0. The van der Waals surface area contributed by atoms with E-state index in [4.69, 9.17) is 0 Å². The highest BCUT2D eigenvalue weighted by atomic mass is 32.2. The quantitative estimate of drug-likeness (QED) is 0.597. The van der Waals surface area contributed by atoms with Gasteiger partial charge in [-0.05, 0) is 0 Å². The zero-order valence-electron chi connectivity index (χ0n) is 7.41. The molecule has 0 aromatic rings. The van der Waals surface area contributed by atoms with Crippen LogP contribution < -0.4 is 5.32 Å². The van der Waals surface area contributed by atoms with E-state index >= 15 is 0 Å². The Morgan fingerprint density at radius 1 is 1.54 bits per heavy atom. The van der Waals surface area contributed by atoms with Crippen molar-refractivity contribution >= 4 is 22.6 Å².